The lowest BCUT2D eigenvalue weighted by molar-refractivity contribution is -0.323. The molecule has 84 valence electrons. The highest BCUT2D eigenvalue weighted by Gasteiger charge is 2.29. The summed E-state index contributed by atoms with van der Waals surface area (Å²) in [6.45, 7) is 1.97. The van der Waals surface area contributed by atoms with Crippen LogP contribution in [0, 0.1) is 5.92 Å². The molecule has 0 saturated heterocycles. The molecule has 0 bridgehead atoms. The van der Waals surface area contributed by atoms with Crippen LogP contribution in [-0.2, 0) is 4.74 Å². The minimum atomic E-state index is -4.50. The number of rotatable bonds is 5. The summed E-state index contributed by atoms with van der Waals surface area (Å²) in [5.74, 6) is 0.640. The van der Waals surface area contributed by atoms with Crippen LogP contribution in [0.25, 0.3) is 0 Å². The number of ether oxygens (including phenoxy) is 1. The fourth-order valence-corrected chi connectivity index (χ4v) is 1.56. The first kappa shape index (κ1) is 11.8. The normalized spacial score (nSPS) is 20.6. The van der Waals surface area contributed by atoms with Crippen molar-refractivity contribution in [2.45, 2.75) is 38.6 Å². The van der Waals surface area contributed by atoms with Gasteiger partial charge < -0.3 is 5.32 Å². The van der Waals surface area contributed by atoms with Crippen molar-refractivity contribution in [2.75, 3.05) is 13.2 Å². The maximum absolute atomic E-state index is 11.6. The smallest absolute Gasteiger partial charge is 0.312 e. The van der Waals surface area contributed by atoms with E-state index in [-0.39, 0.29) is 13.2 Å². The molecule has 0 aromatic carbocycles. The summed E-state index contributed by atoms with van der Waals surface area (Å²) < 4.78 is 38.3. The molecule has 2 nitrogen and oxygen atoms in total. The molecule has 0 amide bonds. The van der Waals surface area contributed by atoms with E-state index in [1.165, 1.54) is 19.3 Å². The highest BCUT2D eigenvalue weighted by Crippen LogP contribution is 2.29. The molecule has 5 heteroatoms. The number of hydrogen-bond acceptors (Lipinski definition) is 2. The van der Waals surface area contributed by atoms with Gasteiger partial charge in [-0.1, -0.05) is 6.42 Å². The zero-order chi connectivity index (χ0) is 10.6. The van der Waals surface area contributed by atoms with Crippen LogP contribution in [-0.4, -0.2) is 25.6 Å². The second-order valence-corrected chi connectivity index (χ2v) is 3.73. The summed E-state index contributed by atoms with van der Waals surface area (Å²) in [6, 6.07) is 0.306. The lowest BCUT2D eigenvalue weighted by Gasteiger charge is -2.32. The second kappa shape index (κ2) is 4.98. The molecule has 0 heterocycles. The zero-order valence-electron chi connectivity index (χ0n) is 8.23. The van der Waals surface area contributed by atoms with Crippen LogP contribution in [0.2, 0.25) is 0 Å². The summed E-state index contributed by atoms with van der Waals surface area (Å²) in [6.07, 6.45) is -0.875. The lowest BCUT2D eigenvalue weighted by Crippen LogP contribution is -2.39. The van der Waals surface area contributed by atoms with Crippen molar-refractivity contribution in [3.8, 4) is 0 Å². The third-order valence-corrected chi connectivity index (χ3v) is 2.69. The standard InChI is InChI=1S/C9H16F3NO/c1-7(8-3-2-4-8)13-5-6-14-9(10,11)12/h7-8,13H,2-6H2,1H3. The maximum Gasteiger partial charge on any atom is 0.522 e. The summed E-state index contributed by atoms with van der Waals surface area (Å²) in [7, 11) is 0. The number of alkyl halides is 3. The summed E-state index contributed by atoms with van der Waals surface area (Å²) in [5, 5.41) is 3.03. The van der Waals surface area contributed by atoms with Gasteiger partial charge in [-0.25, -0.2) is 0 Å². The SMILES string of the molecule is CC(NCCOC(F)(F)F)C1CCC1. The zero-order valence-corrected chi connectivity index (χ0v) is 8.23. The van der Waals surface area contributed by atoms with Crippen molar-refractivity contribution < 1.29 is 17.9 Å². The molecule has 1 aliphatic rings. The molecule has 0 aliphatic heterocycles. The van der Waals surface area contributed by atoms with Gasteiger partial charge in [0, 0.05) is 12.6 Å². The van der Waals surface area contributed by atoms with Crippen LogP contribution in [0.5, 0.6) is 0 Å². The average molecular weight is 211 g/mol. The third-order valence-electron chi connectivity index (χ3n) is 2.69. The molecule has 0 aromatic rings. The molecule has 1 saturated carbocycles. The summed E-state index contributed by atoms with van der Waals surface area (Å²) in [5.41, 5.74) is 0. The first-order valence-corrected chi connectivity index (χ1v) is 4.93. The van der Waals surface area contributed by atoms with Crippen LogP contribution in [0.3, 0.4) is 0 Å². The summed E-state index contributed by atoms with van der Waals surface area (Å²) in [4.78, 5) is 0. The van der Waals surface area contributed by atoms with E-state index in [0.717, 1.165) is 0 Å². The molecule has 0 aromatic heterocycles. The average Bonchev–Trinajstić information content (AvgIpc) is 1.92. The molecule has 1 fully saturated rings. The van der Waals surface area contributed by atoms with Crippen molar-refractivity contribution in [3.05, 3.63) is 0 Å². The number of halogens is 3. The number of hydrogen-bond donors (Lipinski definition) is 1. The van der Waals surface area contributed by atoms with Gasteiger partial charge in [-0.05, 0) is 25.7 Å². The van der Waals surface area contributed by atoms with Gasteiger partial charge in [-0.2, -0.15) is 0 Å². The van der Waals surface area contributed by atoms with Crippen LogP contribution < -0.4 is 5.32 Å². The van der Waals surface area contributed by atoms with E-state index < -0.39 is 6.36 Å². The van der Waals surface area contributed by atoms with Crippen molar-refractivity contribution in [1.29, 1.82) is 0 Å². The second-order valence-electron chi connectivity index (χ2n) is 3.73. The quantitative estimate of drug-likeness (QED) is 0.704. The molecule has 1 aliphatic carbocycles. The van der Waals surface area contributed by atoms with Crippen molar-refractivity contribution in [2.24, 2.45) is 5.92 Å². The van der Waals surface area contributed by atoms with Gasteiger partial charge in [-0.15, -0.1) is 13.2 Å². The van der Waals surface area contributed by atoms with Gasteiger partial charge in [0.15, 0.2) is 0 Å². The van der Waals surface area contributed by atoms with E-state index in [0.29, 0.717) is 12.0 Å². The van der Waals surface area contributed by atoms with E-state index in [1.54, 1.807) is 0 Å². The highest BCUT2D eigenvalue weighted by atomic mass is 19.4. The highest BCUT2D eigenvalue weighted by molar-refractivity contribution is 4.79. The van der Waals surface area contributed by atoms with E-state index in [2.05, 4.69) is 10.1 Å². The van der Waals surface area contributed by atoms with Crippen molar-refractivity contribution >= 4 is 0 Å². The Bertz CT molecular complexity index is 168. The van der Waals surface area contributed by atoms with Gasteiger partial charge in [0.25, 0.3) is 0 Å². The predicted molar refractivity (Wildman–Crippen MR) is 46.8 cm³/mol. The Balaban J connectivity index is 1.97. The van der Waals surface area contributed by atoms with E-state index in [4.69, 9.17) is 0 Å². The van der Waals surface area contributed by atoms with E-state index >= 15 is 0 Å². The van der Waals surface area contributed by atoms with E-state index in [9.17, 15) is 13.2 Å². The largest absolute Gasteiger partial charge is 0.522 e. The minimum absolute atomic E-state index is 0.261. The van der Waals surface area contributed by atoms with Crippen molar-refractivity contribution in [3.63, 3.8) is 0 Å². The fourth-order valence-electron chi connectivity index (χ4n) is 1.56. The van der Waals surface area contributed by atoms with Crippen LogP contribution in [0.4, 0.5) is 13.2 Å². The monoisotopic (exact) mass is 211 g/mol. The first-order valence-electron chi connectivity index (χ1n) is 4.93. The van der Waals surface area contributed by atoms with Gasteiger partial charge >= 0.3 is 6.36 Å². The molecule has 0 radical (unpaired) electrons. The Morgan fingerprint density at radius 3 is 2.50 bits per heavy atom. The molecule has 14 heavy (non-hydrogen) atoms. The third kappa shape index (κ3) is 4.28. The molecule has 1 atom stereocenters. The van der Waals surface area contributed by atoms with Gasteiger partial charge in [0.2, 0.25) is 0 Å². The Labute approximate surface area is 81.8 Å². The van der Waals surface area contributed by atoms with Crippen molar-refractivity contribution in [1.82, 2.24) is 5.32 Å². The maximum atomic E-state index is 11.6. The summed E-state index contributed by atoms with van der Waals surface area (Å²) >= 11 is 0. The first-order chi connectivity index (χ1) is 6.49. The Morgan fingerprint density at radius 1 is 1.43 bits per heavy atom. The Morgan fingerprint density at radius 2 is 2.07 bits per heavy atom. The minimum Gasteiger partial charge on any atom is -0.312 e. The van der Waals surface area contributed by atoms with Gasteiger partial charge in [0.1, 0.15) is 0 Å². The molecule has 1 N–H and O–H groups in total. The Hall–Kier alpha value is -0.290. The molecular formula is C9H16F3NO. The topological polar surface area (TPSA) is 21.3 Å². The molecule has 0 spiro atoms. The molecule has 1 rings (SSSR count). The van der Waals surface area contributed by atoms with Crippen LogP contribution >= 0.6 is 0 Å². The number of nitrogens with one attached hydrogen (secondary N) is 1. The Kier molecular flexibility index (Phi) is 4.19. The lowest BCUT2D eigenvalue weighted by atomic mass is 9.80. The van der Waals surface area contributed by atoms with Gasteiger partial charge in [-0.3, -0.25) is 4.74 Å². The van der Waals surface area contributed by atoms with Gasteiger partial charge in [0.05, 0.1) is 6.61 Å². The predicted octanol–water partition coefficient (Wildman–Crippen LogP) is 2.30. The van der Waals surface area contributed by atoms with E-state index in [1.807, 2.05) is 6.92 Å². The van der Waals surface area contributed by atoms with Crippen LogP contribution in [0.1, 0.15) is 26.2 Å². The van der Waals surface area contributed by atoms with Crippen LogP contribution in [0.15, 0.2) is 0 Å². The molecular weight excluding hydrogens is 195 g/mol. The molecule has 1 unspecified atom stereocenters. The fraction of sp³-hybridized carbons (Fsp3) is 1.00.